The third-order valence-corrected chi connectivity index (χ3v) is 3.32. The summed E-state index contributed by atoms with van der Waals surface area (Å²) in [5.41, 5.74) is 5.34. The molecule has 1 aliphatic rings. The lowest BCUT2D eigenvalue weighted by atomic mass is 9.77. The Balaban J connectivity index is 2.34. The first-order valence-electron chi connectivity index (χ1n) is 5.70. The molecule has 0 spiro atoms. The van der Waals surface area contributed by atoms with Crippen LogP contribution in [0.1, 0.15) is 39.0 Å². The van der Waals surface area contributed by atoms with Gasteiger partial charge in [-0.05, 0) is 25.7 Å². The molecule has 1 atom stereocenters. The number of nitrogens with one attached hydrogen (secondary N) is 1. The molecule has 0 heterocycles. The number of hydrogen-bond donors (Lipinski definition) is 2. The Hall–Kier alpha value is -0.610. The number of hydrogen-bond acceptors (Lipinski definition) is 3. The summed E-state index contributed by atoms with van der Waals surface area (Å²) in [6.45, 7) is 2.52. The SMILES string of the molecule is CCC(CN)NC(=O)CC1(OC)CCC1. The molecule has 0 aromatic carbocycles. The molecule has 0 radical (unpaired) electrons. The summed E-state index contributed by atoms with van der Waals surface area (Å²) in [6, 6.07) is 0.103. The maximum atomic E-state index is 11.7. The van der Waals surface area contributed by atoms with Crippen molar-refractivity contribution in [2.24, 2.45) is 5.73 Å². The molecule has 1 amide bonds. The minimum absolute atomic E-state index is 0.0638. The van der Waals surface area contributed by atoms with E-state index in [-0.39, 0.29) is 17.6 Å². The molecule has 0 saturated heterocycles. The largest absolute Gasteiger partial charge is 0.378 e. The van der Waals surface area contributed by atoms with Gasteiger partial charge >= 0.3 is 0 Å². The Kier molecular flexibility index (Phi) is 4.54. The second kappa shape index (κ2) is 5.47. The van der Waals surface area contributed by atoms with Crippen LogP contribution in [0.5, 0.6) is 0 Å². The summed E-state index contributed by atoms with van der Waals surface area (Å²) in [5.74, 6) is 0.0638. The Bertz CT molecular complexity index is 205. The summed E-state index contributed by atoms with van der Waals surface area (Å²) in [7, 11) is 1.69. The maximum Gasteiger partial charge on any atom is 0.223 e. The lowest BCUT2D eigenvalue weighted by Crippen LogP contribution is -2.47. The quantitative estimate of drug-likeness (QED) is 0.687. The number of carbonyl (C=O) groups excluding carboxylic acids is 1. The zero-order valence-corrected chi connectivity index (χ0v) is 9.71. The van der Waals surface area contributed by atoms with E-state index in [0.717, 1.165) is 25.7 Å². The number of methoxy groups -OCH3 is 1. The molecule has 1 unspecified atom stereocenters. The Morgan fingerprint density at radius 2 is 2.27 bits per heavy atom. The number of carbonyl (C=O) groups is 1. The van der Waals surface area contributed by atoms with Crippen molar-refractivity contribution in [2.45, 2.75) is 50.7 Å². The van der Waals surface area contributed by atoms with Gasteiger partial charge in [0.2, 0.25) is 5.91 Å². The van der Waals surface area contributed by atoms with Crippen molar-refractivity contribution in [3.63, 3.8) is 0 Å². The van der Waals surface area contributed by atoms with Gasteiger partial charge in [-0.1, -0.05) is 6.92 Å². The highest BCUT2D eigenvalue weighted by Gasteiger charge is 2.39. The van der Waals surface area contributed by atoms with Crippen LogP contribution in [0.2, 0.25) is 0 Å². The van der Waals surface area contributed by atoms with Crippen molar-refractivity contribution < 1.29 is 9.53 Å². The predicted octanol–water partition coefficient (Wildman–Crippen LogP) is 0.799. The third kappa shape index (κ3) is 3.18. The average molecular weight is 214 g/mol. The standard InChI is InChI=1S/C11H22N2O2/c1-3-9(8-12)13-10(14)7-11(15-2)5-4-6-11/h9H,3-8,12H2,1-2H3,(H,13,14). The van der Waals surface area contributed by atoms with Crippen molar-refractivity contribution in [1.82, 2.24) is 5.32 Å². The van der Waals surface area contributed by atoms with Gasteiger partial charge < -0.3 is 15.8 Å². The van der Waals surface area contributed by atoms with Crippen LogP contribution in [0.4, 0.5) is 0 Å². The zero-order valence-electron chi connectivity index (χ0n) is 9.71. The van der Waals surface area contributed by atoms with Crippen molar-refractivity contribution in [3.05, 3.63) is 0 Å². The van der Waals surface area contributed by atoms with Gasteiger partial charge in [0.05, 0.1) is 12.0 Å². The molecule has 0 aromatic rings. The van der Waals surface area contributed by atoms with E-state index in [1.807, 2.05) is 6.92 Å². The molecular formula is C11H22N2O2. The van der Waals surface area contributed by atoms with Crippen LogP contribution in [0.25, 0.3) is 0 Å². The summed E-state index contributed by atoms with van der Waals surface area (Å²) in [4.78, 5) is 11.7. The van der Waals surface area contributed by atoms with Crippen LogP contribution >= 0.6 is 0 Å². The monoisotopic (exact) mass is 214 g/mol. The van der Waals surface area contributed by atoms with Gasteiger partial charge in [0, 0.05) is 19.7 Å². The summed E-state index contributed by atoms with van der Waals surface area (Å²) < 4.78 is 5.40. The van der Waals surface area contributed by atoms with Crippen LogP contribution in [-0.2, 0) is 9.53 Å². The molecule has 0 aromatic heterocycles. The molecule has 4 nitrogen and oxygen atoms in total. The molecule has 1 fully saturated rings. The minimum Gasteiger partial charge on any atom is -0.378 e. The van der Waals surface area contributed by atoms with Gasteiger partial charge in [-0.25, -0.2) is 0 Å². The van der Waals surface area contributed by atoms with E-state index in [4.69, 9.17) is 10.5 Å². The van der Waals surface area contributed by atoms with E-state index in [1.165, 1.54) is 0 Å². The minimum atomic E-state index is -0.184. The highest BCUT2D eigenvalue weighted by atomic mass is 16.5. The fourth-order valence-corrected chi connectivity index (χ4v) is 1.92. The molecule has 1 aliphatic carbocycles. The van der Waals surface area contributed by atoms with Gasteiger partial charge in [-0.3, -0.25) is 4.79 Å². The molecule has 1 rings (SSSR count). The highest BCUT2D eigenvalue weighted by molar-refractivity contribution is 5.77. The van der Waals surface area contributed by atoms with Crippen LogP contribution in [0, 0.1) is 0 Å². The second-order valence-corrected chi connectivity index (χ2v) is 4.33. The summed E-state index contributed by atoms with van der Waals surface area (Å²) in [6.07, 6.45) is 4.50. The van der Waals surface area contributed by atoms with E-state index in [1.54, 1.807) is 7.11 Å². The Labute approximate surface area is 91.5 Å². The average Bonchev–Trinajstić information content (AvgIpc) is 2.20. The highest BCUT2D eigenvalue weighted by Crippen LogP contribution is 2.37. The molecule has 3 N–H and O–H groups in total. The van der Waals surface area contributed by atoms with Crippen LogP contribution in [0.3, 0.4) is 0 Å². The molecule has 88 valence electrons. The predicted molar refractivity (Wildman–Crippen MR) is 59.5 cm³/mol. The Morgan fingerprint density at radius 3 is 2.60 bits per heavy atom. The maximum absolute atomic E-state index is 11.7. The zero-order chi connectivity index (χ0) is 11.3. The fourth-order valence-electron chi connectivity index (χ4n) is 1.92. The van der Waals surface area contributed by atoms with Crippen molar-refractivity contribution in [1.29, 1.82) is 0 Å². The molecule has 0 bridgehead atoms. The lowest BCUT2D eigenvalue weighted by Gasteiger charge is -2.40. The topological polar surface area (TPSA) is 64.3 Å². The van der Waals surface area contributed by atoms with Gasteiger partial charge in [-0.15, -0.1) is 0 Å². The van der Waals surface area contributed by atoms with Gasteiger partial charge in [0.15, 0.2) is 0 Å². The first-order chi connectivity index (χ1) is 7.15. The van der Waals surface area contributed by atoms with Crippen LogP contribution in [-0.4, -0.2) is 31.2 Å². The molecule has 4 heteroatoms. The Morgan fingerprint density at radius 1 is 1.60 bits per heavy atom. The van der Waals surface area contributed by atoms with Gasteiger partial charge in [0.25, 0.3) is 0 Å². The van der Waals surface area contributed by atoms with Gasteiger partial charge in [-0.2, -0.15) is 0 Å². The second-order valence-electron chi connectivity index (χ2n) is 4.33. The van der Waals surface area contributed by atoms with E-state index in [2.05, 4.69) is 5.32 Å². The molecular weight excluding hydrogens is 192 g/mol. The lowest BCUT2D eigenvalue weighted by molar-refractivity contribution is -0.134. The summed E-state index contributed by atoms with van der Waals surface area (Å²) >= 11 is 0. The van der Waals surface area contributed by atoms with Crippen LogP contribution in [0.15, 0.2) is 0 Å². The normalized spacial score (nSPS) is 20.5. The number of nitrogens with two attached hydrogens (primary N) is 1. The smallest absolute Gasteiger partial charge is 0.223 e. The fraction of sp³-hybridized carbons (Fsp3) is 0.909. The van der Waals surface area contributed by atoms with Gasteiger partial charge in [0.1, 0.15) is 0 Å². The van der Waals surface area contributed by atoms with E-state index < -0.39 is 0 Å². The molecule has 0 aliphatic heterocycles. The number of rotatable bonds is 6. The molecule has 15 heavy (non-hydrogen) atoms. The molecule has 1 saturated carbocycles. The number of amides is 1. The first kappa shape index (κ1) is 12.5. The van der Waals surface area contributed by atoms with E-state index in [9.17, 15) is 4.79 Å². The van der Waals surface area contributed by atoms with Crippen LogP contribution < -0.4 is 11.1 Å². The van der Waals surface area contributed by atoms with Crippen molar-refractivity contribution in [3.8, 4) is 0 Å². The van der Waals surface area contributed by atoms with E-state index >= 15 is 0 Å². The van der Waals surface area contributed by atoms with Crippen molar-refractivity contribution >= 4 is 5.91 Å². The first-order valence-corrected chi connectivity index (χ1v) is 5.70. The van der Waals surface area contributed by atoms with Crippen molar-refractivity contribution in [2.75, 3.05) is 13.7 Å². The van der Waals surface area contributed by atoms with E-state index in [0.29, 0.717) is 13.0 Å². The summed E-state index contributed by atoms with van der Waals surface area (Å²) in [5, 5.41) is 2.93. The third-order valence-electron chi connectivity index (χ3n) is 3.32. The number of ether oxygens (including phenoxy) is 1.